The topological polar surface area (TPSA) is 92.3 Å². The molecule has 0 radical (unpaired) electrons. The van der Waals surface area contributed by atoms with Gasteiger partial charge in [-0.1, -0.05) is 266 Å². The van der Waals surface area contributed by atoms with Gasteiger partial charge < -0.3 is 47.1 Å². The van der Waals surface area contributed by atoms with Gasteiger partial charge in [0.05, 0.1) is 37.7 Å². The fourth-order valence-corrected chi connectivity index (χ4v) is 26.0. The highest BCUT2D eigenvalue weighted by molar-refractivity contribution is 8.01. The van der Waals surface area contributed by atoms with Crippen LogP contribution in [0.5, 0.6) is 46.0 Å². The molecule has 0 saturated heterocycles. The molecule has 622 valence electrons. The third-order valence-electron chi connectivity index (χ3n) is 27.7. The zero-order valence-corrected chi connectivity index (χ0v) is 75.4. The minimum Gasteiger partial charge on any atom is -0.497 e. The van der Waals surface area contributed by atoms with Crippen LogP contribution in [0.1, 0.15) is 227 Å². The van der Waals surface area contributed by atoms with Gasteiger partial charge in [-0.3, -0.25) is 0 Å². The molecule has 4 aliphatic heterocycles. The lowest BCUT2D eigenvalue weighted by Gasteiger charge is -2.40. The molecule has 2 saturated carbocycles. The molecule has 0 bridgehead atoms. The van der Waals surface area contributed by atoms with Crippen molar-refractivity contribution in [3.8, 4) is 68.2 Å². The summed E-state index contributed by atoms with van der Waals surface area (Å²) in [5.41, 5.74) is 15.9. The van der Waals surface area contributed by atoms with E-state index in [2.05, 4.69) is 233 Å². The number of hydrogen-bond donors (Lipinski definition) is 0. The van der Waals surface area contributed by atoms with Gasteiger partial charge in [-0.2, -0.15) is 0 Å². The van der Waals surface area contributed by atoms with Gasteiger partial charge in [0.1, 0.15) is 52.6 Å². The van der Waals surface area contributed by atoms with Gasteiger partial charge in [-0.25, -0.2) is 0 Å². The lowest BCUT2D eigenvalue weighted by Crippen LogP contribution is -2.40. The molecule has 10 aromatic carbocycles. The summed E-state index contributed by atoms with van der Waals surface area (Å²) in [4.78, 5) is 1.68. The minimum absolute atomic E-state index is 0.0766. The number of thioether (sulfide) groups is 2. The predicted molar refractivity (Wildman–Crippen MR) is 493 cm³/mol. The Morgan fingerprint density at radius 2 is 0.782 bits per heavy atom. The van der Waals surface area contributed by atoms with Gasteiger partial charge in [0.15, 0.2) is 29.4 Å². The zero-order valence-electron chi connectivity index (χ0n) is 72.7. The Hall–Kier alpha value is -8.56. The van der Waals surface area contributed by atoms with E-state index in [1.165, 1.54) is 147 Å². The Balaban J connectivity index is 0.000000174. The average molecular weight is 1650 g/mol. The van der Waals surface area contributed by atoms with E-state index in [-0.39, 0.29) is 20.7 Å². The zero-order chi connectivity index (χ0) is 82.6. The molecule has 4 aliphatic carbocycles. The number of hydrogen-bond acceptors (Lipinski definition) is 12. The van der Waals surface area contributed by atoms with Crippen LogP contribution < -0.4 is 37.9 Å². The van der Waals surface area contributed by atoms with Gasteiger partial charge in [-0.05, 0) is 198 Å². The van der Waals surface area contributed by atoms with Crippen LogP contribution in [-0.2, 0) is 31.2 Å². The summed E-state index contributed by atoms with van der Waals surface area (Å²) in [6.07, 6.45) is 29.9. The number of fused-ring (bicyclic) bond motifs is 22. The first-order valence-electron chi connectivity index (χ1n) is 44.7. The molecule has 119 heavy (non-hydrogen) atoms. The number of benzene rings is 10. The summed E-state index contributed by atoms with van der Waals surface area (Å²) in [5.74, 6) is 8.43. The predicted octanol–water partition coefficient (Wildman–Crippen LogP) is 28.2. The van der Waals surface area contributed by atoms with Crippen molar-refractivity contribution in [1.82, 2.24) is 0 Å². The molecule has 13 heteroatoms. The second kappa shape index (κ2) is 33.7. The van der Waals surface area contributed by atoms with E-state index in [4.69, 9.17) is 47.1 Å². The first-order chi connectivity index (χ1) is 57.7. The molecule has 0 aromatic heterocycles. The number of ether oxygens (including phenoxy) is 9. The van der Waals surface area contributed by atoms with E-state index in [1.807, 2.05) is 59.9 Å². The van der Waals surface area contributed by atoms with Crippen LogP contribution >= 0.6 is 23.5 Å². The van der Waals surface area contributed by atoms with E-state index in [9.17, 15) is 0 Å². The van der Waals surface area contributed by atoms with E-state index < -0.39 is 19.5 Å². The standard InChI is InChI=1S/C58H72O6SSi.C48H50O4S/c1-9-10-34-62-66(7,8)37-18-33-60-35-36-61-45-27-23-43(24-28-45)57(42-21-25-44(59-6)26-22-42)32-29-47-54-53(46-19-14-15-20-50(46)56(54)30-16-12-11-13-17-31-56)48-38-51-52(39-49(48)55(47)64-57)65-58(63-51,40(2)3)41(4)5;1-30(2)48(31(3)4)51-41-28-38-39(29-42(41)53-48)45-37(44-43(38)36-14-10-11-15-40(36)46(44)25-12-8-7-9-13-26-46)24-27-47(52-45,32-16-20-34(49-5)21-17-32)33-18-22-35(50-6)23-19-33/h14-15,19-29,32,38-41H,9-13,16-18,30-31,33-37H2,1-8H3;10-11,14-24,27-31H,7-9,12-13,25-26H2,1-6H3. The van der Waals surface area contributed by atoms with E-state index in [0.717, 1.165) is 137 Å². The highest BCUT2D eigenvalue weighted by Gasteiger charge is 2.54. The van der Waals surface area contributed by atoms with E-state index in [1.54, 1.807) is 21.3 Å². The van der Waals surface area contributed by atoms with Gasteiger partial charge in [-0.15, -0.1) is 0 Å². The van der Waals surface area contributed by atoms with Crippen LogP contribution in [0.15, 0.2) is 192 Å². The van der Waals surface area contributed by atoms with Gasteiger partial charge >= 0.3 is 0 Å². The maximum atomic E-state index is 7.88. The van der Waals surface area contributed by atoms with Crippen molar-refractivity contribution in [1.29, 1.82) is 0 Å². The maximum absolute atomic E-state index is 7.88. The Morgan fingerprint density at radius 1 is 0.403 bits per heavy atom. The fourth-order valence-electron chi connectivity index (χ4n) is 21.5. The van der Waals surface area contributed by atoms with Crippen LogP contribution in [0.2, 0.25) is 19.1 Å². The molecule has 10 nitrogen and oxygen atoms in total. The quantitative estimate of drug-likeness (QED) is 0.0451. The van der Waals surface area contributed by atoms with E-state index >= 15 is 0 Å². The molecule has 1 unspecified atom stereocenters. The van der Waals surface area contributed by atoms with Gasteiger partial charge in [0.25, 0.3) is 0 Å². The lowest BCUT2D eigenvalue weighted by atomic mass is 9.67. The second-order valence-electron chi connectivity index (χ2n) is 36.5. The summed E-state index contributed by atoms with van der Waals surface area (Å²) in [7, 11) is 3.51. The summed E-state index contributed by atoms with van der Waals surface area (Å²) in [6, 6.07) is 62.8. The Bertz CT molecular complexity index is 5350. The van der Waals surface area contributed by atoms with Gasteiger partial charge in [0, 0.05) is 91.9 Å². The van der Waals surface area contributed by atoms with Crippen molar-refractivity contribution in [2.45, 2.75) is 232 Å². The Labute approximate surface area is 717 Å². The molecule has 2 fully saturated rings. The van der Waals surface area contributed by atoms with Crippen molar-refractivity contribution in [2.24, 2.45) is 23.7 Å². The largest absolute Gasteiger partial charge is 0.497 e. The first kappa shape index (κ1) is 82.7. The van der Waals surface area contributed by atoms with E-state index in [0.29, 0.717) is 36.9 Å². The molecule has 4 heterocycles. The molecule has 18 rings (SSSR count). The number of unbranched alkanes of at least 4 members (excludes halogenated alkanes) is 1. The van der Waals surface area contributed by atoms with Crippen molar-refractivity contribution >= 4 is 65.5 Å². The van der Waals surface area contributed by atoms with Crippen LogP contribution in [0, 0.1) is 23.7 Å². The fraction of sp³-hybridized carbons (Fsp3) is 0.434. The van der Waals surface area contributed by atoms with Gasteiger partial charge in [0.2, 0.25) is 0 Å². The second-order valence-corrected chi connectivity index (χ2v) is 43.4. The molecule has 1 atom stereocenters. The normalized spacial score (nSPS) is 19.0. The van der Waals surface area contributed by atoms with Crippen molar-refractivity contribution in [3.05, 3.63) is 238 Å². The average Bonchev–Trinajstić information content (AvgIpc) is 1.26. The van der Waals surface area contributed by atoms with Crippen molar-refractivity contribution in [3.63, 3.8) is 0 Å². The SMILES string of the molecule is CCCCO[Si](C)(C)CCCOCCOc1ccc(C2(c3ccc(OC)cc3)C=Cc3c4c(c5cc6c(cc5c3O2)SC(C(C)C)(C(C)C)O6)-c2ccccc2C42CCCCCCC2)cc1.COc1ccc(C2(c3ccc(OC)cc3)C=Cc3c4c(c5cc6c(cc5c3O2)SC(C(C)C)(C(C)C)O6)-c2ccccc2C42CCCCCCC2)cc1. The highest BCUT2D eigenvalue weighted by Crippen LogP contribution is 2.67. The summed E-state index contributed by atoms with van der Waals surface area (Å²) in [5, 5.41) is 4.72. The molecule has 2 spiro atoms. The Morgan fingerprint density at radius 3 is 1.16 bits per heavy atom. The summed E-state index contributed by atoms with van der Waals surface area (Å²) < 4.78 is 65.3. The van der Waals surface area contributed by atoms with Crippen molar-refractivity contribution in [2.75, 3.05) is 47.8 Å². The maximum Gasteiger partial charge on any atom is 0.186 e. The third kappa shape index (κ3) is 14.6. The summed E-state index contributed by atoms with van der Waals surface area (Å²) >= 11 is 3.78. The molecule has 10 aromatic rings. The Kier molecular flexibility index (Phi) is 23.4. The molecular formula is C106H122O10S2Si. The minimum atomic E-state index is -1.64. The monoisotopic (exact) mass is 1650 g/mol. The van der Waals surface area contributed by atoms with Crippen LogP contribution in [0.25, 0.3) is 56.0 Å². The highest BCUT2D eigenvalue weighted by atomic mass is 32.2. The molecular weight excluding hydrogens is 1530 g/mol. The first-order valence-corrected chi connectivity index (χ1v) is 49.4. The lowest BCUT2D eigenvalue weighted by molar-refractivity contribution is 0.0757. The molecule has 8 aliphatic rings. The number of rotatable bonds is 23. The molecule has 0 amide bonds. The summed E-state index contributed by atoms with van der Waals surface area (Å²) in [6.45, 7) is 27.8. The molecule has 0 N–H and O–H groups in total. The van der Waals surface area contributed by atoms with Crippen LogP contribution in [-0.4, -0.2) is 65.9 Å². The third-order valence-corrected chi connectivity index (χ3v) is 34.0. The number of methoxy groups -OCH3 is 3. The van der Waals surface area contributed by atoms with Crippen molar-refractivity contribution < 1.29 is 47.1 Å². The van der Waals surface area contributed by atoms with Crippen LogP contribution in [0.3, 0.4) is 0 Å². The smallest absolute Gasteiger partial charge is 0.186 e. The van der Waals surface area contributed by atoms with Crippen LogP contribution in [0.4, 0.5) is 0 Å².